The molecule has 2 rings (SSSR count). The second-order valence-electron chi connectivity index (χ2n) is 3.61. The third-order valence-corrected chi connectivity index (χ3v) is 2.81. The maximum Gasteiger partial charge on any atom is 0.128 e. The fourth-order valence-corrected chi connectivity index (χ4v) is 2.04. The third-order valence-electron chi connectivity index (χ3n) is 2.81. The molecule has 1 aliphatic carbocycles. The van der Waals surface area contributed by atoms with Crippen LogP contribution in [0.25, 0.3) is 0 Å². The summed E-state index contributed by atoms with van der Waals surface area (Å²) < 4.78 is 13.4. The molecule has 0 heterocycles. The predicted molar refractivity (Wildman–Crippen MR) is 50.8 cm³/mol. The fourth-order valence-electron chi connectivity index (χ4n) is 2.04. The molecule has 0 spiro atoms. The molecule has 1 aliphatic rings. The molecule has 0 aliphatic heterocycles. The van der Waals surface area contributed by atoms with Gasteiger partial charge in [-0.15, -0.1) is 0 Å². The number of rotatable bonds is 0. The van der Waals surface area contributed by atoms with Crippen LogP contribution in [-0.2, 0) is 6.42 Å². The maximum atomic E-state index is 13.4. The van der Waals surface area contributed by atoms with Gasteiger partial charge in [-0.2, -0.15) is 0 Å². The van der Waals surface area contributed by atoms with E-state index in [1.54, 1.807) is 0 Å². The zero-order valence-corrected chi connectivity index (χ0v) is 7.60. The number of nitrogens with two attached hydrogens (primary N) is 2. The monoisotopic (exact) mass is 180 g/mol. The molecule has 0 saturated carbocycles. The highest BCUT2D eigenvalue weighted by Gasteiger charge is 2.25. The summed E-state index contributed by atoms with van der Waals surface area (Å²) in [7, 11) is 0. The summed E-state index contributed by atoms with van der Waals surface area (Å²) in [6.45, 7) is 1.90. The van der Waals surface area contributed by atoms with E-state index in [0.29, 0.717) is 5.69 Å². The Morgan fingerprint density at radius 2 is 2.23 bits per heavy atom. The molecule has 1 atom stereocenters. The van der Waals surface area contributed by atoms with Crippen molar-refractivity contribution in [2.45, 2.75) is 25.8 Å². The van der Waals surface area contributed by atoms with Crippen LogP contribution in [0, 0.1) is 12.7 Å². The van der Waals surface area contributed by atoms with Crippen LogP contribution in [0.2, 0.25) is 0 Å². The lowest BCUT2D eigenvalue weighted by Gasteiger charge is -2.11. The molecule has 1 aromatic rings. The first kappa shape index (κ1) is 8.51. The Morgan fingerprint density at radius 3 is 2.92 bits per heavy atom. The molecule has 0 unspecified atom stereocenters. The largest absolute Gasteiger partial charge is 0.398 e. The minimum Gasteiger partial charge on any atom is -0.398 e. The van der Waals surface area contributed by atoms with Gasteiger partial charge >= 0.3 is 0 Å². The lowest BCUT2D eigenvalue weighted by Crippen LogP contribution is -2.09. The number of benzene rings is 1. The van der Waals surface area contributed by atoms with Crippen molar-refractivity contribution in [3.05, 3.63) is 28.6 Å². The smallest absolute Gasteiger partial charge is 0.128 e. The first-order valence-corrected chi connectivity index (χ1v) is 4.44. The summed E-state index contributed by atoms with van der Waals surface area (Å²) in [4.78, 5) is 0. The number of fused-ring (bicyclic) bond motifs is 1. The van der Waals surface area contributed by atoms with Gasteiger partial charge in [0.2, 0.25) is 0 Å². The summed E-state index contributed by atoms with van der Waals surface area (Å²) in [6, 6.07) is 1.36. The second kappa shape index (κ2) is 2.70. The van der Waals surface area contributed by atoms with Crippen LogP contribution in [0.3, 0.4) is 0 Å². The fraction of sp³-hybridized carbons (Fsp3) is 0.400. The Morgan fingerprint density at radius 1 is 1.54 bits per heavy atom. The Bertz CT molecular complexity index is 360. The van der Waals surface area contributed by atoms with E-state index in [9.17, 15) is 4.39 Å². The van der Waals surface area contributed by atoms with Gasteiger partial charge in [0.05, 0.1) is 0 Å². The molecular formula is C10H13FN2. The van der Waals surface area contributed by atoms with Gasteiger partial charge in [0.1, 0.15) is 5.82 Å². The molecule has 1 aromatic carbocycles. The van der Waals surface area contributed by atoms with E-state index in [1.165, 1.54) is 6.07 Å². The quantitative estimate of drug-likeness (QED) is 0.596. The minimum absolute atomic E-state index is 0.0343. The van der Waals surface area contributed by atoms with Crippen LogP contribution < -0.4 is 11.5 Å². The minimum atomic E-state index is -0.203. The Kier molecular flexibility index (Phi) is 1.77. The van der Waals surface area contributed by atoms with Gasteiger partial charge in [0.25, 0.3) is 0 Å². The molecule has 0 aromatic heterocycles. The number of hydrogen-bond acceptors (Lipinski definition) is 2. The van der Waals surface area contributed by atoms with Crippen molar-refractivity contribution in [3.63, 3.8) is 0 Å². The van der Waals surface area contributed by atoms with Crippen LogP contribution in [0.15, 0.2) is 6.07 Å². The predicted octanol–water partition coefficient (Wildman–Crippen LogP) is 1.66. The molecule has 13 heavy (non-hydrogen) atoms. The SMILES string of the molecule is Cc1c(N)cc(F)c2c1[C@H](N)CC2. The Balaban J connectivity index is 2.70. The first-order chi connectivity index (χ1) is 6.11. The van der Waals surface area contributed by atoms with Crippen LogP contribution in [0.1, 0.15) is 29.2 Å². The van der Waals surface area contributed by atoms with Gasteiger partial charge in [-0.25, -0.2) is 4.39 Å². The van der Waals surface area contributed by atoms with E-state index in [-0.39, 0.29) is 11.9 Å². The van der Waals surface area contributed by atoms with Crippen LogP contribution >= 0.6 is 0 Å². The van der Waals surface area contributed by atoms with Crippen molar-refractivity contribution in [1.82, 2.24) is 0 Å². The number of anilines is 1. The molecule has 0 bridgehead atoms. The van der Waals surface area contributed by atoms with Crippen LogP contribution in [0.5, 0.6) is 0 Å². The summed E-state index contributed by atoms with van der Waals surface area (Å²) in [6.07, 6.45) is 1.57. The van der Waals surface area contributed by atoms with Gasteiger partial charge in [-0.3, -0.25) is 0 Å². The maximum absolute atomic E-state index is 13.4. The van der Waals surface area contributed by atoms with E-state index in [0.717, 1.165) is 29.5 Å². The van der Waals surface area contributed by atoms with E-state index in [1.807, 2.05) is 6.92 Å². The third kappa shape index (κ3) is 1.11. The van der Waals surface area contributed by atoms with Crippen molar-refractivity contribution in [1.29, 1.82) is 0 Å². The second-order valence-corrected chi connectivity index (χ2v) is 3.61. The molecule has 4 N–H and O–H groups in total. The summed E-state index contributed by atoms with van der Waals surface area (Å²) in [5, 5.41) is 0. The van der Waals surface area contributed by atoms with Crippen molar-refractivity contribution >= 4 is 5.69 Å². The Hall–Kier alpha value is -1.09. The van der Waals surface area contributed by atoms with Crippen molar-refractivity contribution in [2.24, 2.45) is 5.73 Å². The van der Waals surface area contributed by atoms with Crippen molar-refractivity contribution < 1.29 is 4.39 Å². The Labute approximate surface area is 76.7 Å². The van der Waals surface area contributed by atoms with Crippen LogP contribution in [-0.4, -0.2) is 0 Å². The number of nitrogen functional groups attached to an aromatic ring is 1. The zero-order chi connectivity index (χ0) is 9.59. The van der Waals surface area contributed by atoms with Crippen molar-refractivity contribution in [3.8, 4) is 0 Å². The highest BCUT2D eigenvalue weighted by molar-refractivity contribution is 5.56. The summed E-state index contributed by atoms with van der Waals surface area (Å²) in [5.74, 6) is -0.203. The zero-order valence-electron chi connectivity index (χ0n) is 7.60. The normalized spacial score (nSPS) is 20.4. The summed E-state index contributed by atoms with van der Waals surface area (Å²) >= 11 is 0. The lowest BCUT2D eigenvalue weighted by atomic mass is 10.0. The van der Waals surface area contributed by atoms with E-state index >= 15 is 0 Å². The standard InChI is InChI=1S/C10H13FN2/c1-5-9(13)4-7(11)6-2-3-8(12)10(5)6/h4,8H,2-3,12-13H2,1H3/t8-/m1/s1. The van der Waals surface area contributed by atoms with Crippen molar-refractivity contribution in [2.75, 3.05) is 5.73 Å². The molecule has 0 amide bonds. The summed E-state index contributed by atoms with van der Waals surface area (Å²) in [5.41, 5.74) is 14.7. The molecular weight excluding hydrogens is 167 g/mol. The topological polar surface area (TPSA) is 52.0 Å². The number of halogens is 1. The van der Waals surface area contributed by atoms with E-state index in [4.69, 9.17) is 11.5 Å². The van der Waals surface area contributed by atoms with Gasteiger partial charge in [0, 0.05) is 11.7 Å². The average molecular weight is 180 g/mol. The first-order valence-electron chi connectivity index (χ1n) is 4.44. The van der Waals surface area contributed by atoms with Gasteiger partial charge in [0.15, 0.2) is 0 Å². The lowest BCUT2D eigenvalue weighted by molar-refractivity contribution is 0.613. The molecule has 0 radical (unpaired) electrons. The van der Waals surface area contributed by atoms with E-state index < -0.39 is 0 Å². The van der Waals surface area contributed by atoms with Crippen LogP contribution in [0.4, 0.5) is 10.1 Å². The highest BCUT2D eigenvalue weighted by atomic mass is 19.1. The average Bonchev–Trinajstić information content (AvgIpc) is 2.44. The highest BCUT2D eigenvalue weighted by Crippen LogP contribution is 2.36. The van der Waals surface area contributed by atoms with Gasteiger partial charge in [-0.05, 0) is 42.5 Å². The molecule has 2 nitrogen and oxygen atoms in total. The molecule has 0 saturated heterocycles. The number of hydrogen-bond donors (Lipinski definition) is 2. The van der Waals surface area contributed by atoms with Gasteiger partial charge in [-0.1, -0.05) is 0 Å². The van der Waals surface area contributed by atoms with Gasteiger partial charge < -0.3 is 11.5 Å². The van der Waals surface area contributed by atoms with E-state index in [2.05, 4.69) is 0 Å². The molecule has 3 heteroatoms. The molecule has 70 valence electrons. The molecule has 0 fully saturated rings.